The van der Waals surface area contributed by atoms with Gasteiger partial charge in [0.05, 0.1) is 36.6 Å². The largest absolute Gasteiger partial charge is 0.480 e. The van der Waals surface area contributed by atoms with Crippen molar-refractivity contribution >= 4 is 29.6 Å². The predicted molar refractivity (Wildman–Crippen MR) is 200 cm³/mol. The second-order valence-corrected chi connectivity index (χ2v) is 14.5. The normalized spacial score (nSPS) is 19.1. The van der Waals surface area contributed by atoms with E-state index in [1.807, 2.05) is 58.0 Å². The Morgan fingerprint density at radius 2 is 1.69 bits per heavy atom. The van der Waals surface area contributed by atoms with Crippen molar-refractivity contribution in [1.82, 2.24) is 25.1 Å². The molecule has 52 heavy (non-hydrogen) atoms. The van der Waals surface area contributed by atoms with E-state index in [4.69, 9.17) is 9.47 Å². The lowest BCUT2D eigenvalue weighted by Gasteiger charge is -2.40. The third kappa shape index (κ3) is 10.5. The van der Waals surface area contributed by atoms with Crippen LogP contribution in [-0.2, 0) is 28.7 Å². The number of hydrogen-bond donors (Lipinski definition) is 3. The Balaban J connectivity index is 1.78. The molecule has 2 heterocycles. The number of ether oxygens (including phenoxy) is 2. The first-order valence-electron chi connectivity index (χ1n) is 18.4. The number of aryl methyl sites for hydroxylation is 1. The van der Waals surface area contributed by atoms with E-state index >= 15 is 0 Å². The summed E-state index contributed by atoms with van der Waals surface area (Å²) in [5.41, 5.74) is 1.58. The van der Waals surface area contributed by atoms with Crippen LogP contribution in [0.3, 0.4) is 0 Å². The number of likely N-dealkylation sites (tertiary alicyclic amines) is 1. The number of carboxylic acids is 1. The second kappa shape index (κ2) is 19.7. The first-order chi connectivity index (χ1) is 24.7. The molecule has 2 unspecified atom stereocenters. The number of methoxy groups -OCH3 is 2. The van der Waals surface area contributed by atoms with Gasteiger partial charge in [0.1, 0.15) is 12.1 Å². The molecule has 1 fully saturated rings. The number of carbonyl (C=O) groups excluding carboxylic acids is 3. The number of nitrogens with zero attached hydrogens (tertiary/aromatic N) is 4. The van der Waals surface area contributed by atoms with E-state index in [0.717, 1.165) is 24.1 Å². The molecule has 1 aromatic carbocycles. The highest BCUT2D eigenvalue weighted by Crippen LogP contribution is 2.30. The van der Waals surface area contributed by atoms with Gasteiger partial charge >= 0.3 is 5.97 Å². The lowest BCUT2D eigenvalue weighted by atomic mass is 9.89. The molecule has 0 saturated carbocycles. The molecule has 13 heteroatoms. The van der Waals surface area contributed by atoms with Crippen LogP contribution in [0.4, 0.5) is 5.95 Å². The molecule has 1 aliphatic rings. The van der Waals surface area contributed by atoms with Crippen LogP contribution in [0.5, 0.6) is 0 Å². The highest BCUT2D eigenvalue weighted by molar-refractivity contribution is 5.86. The summed E-state index contributed by atoms with van der Waals surface area (Å²) in [6.45, 7) is 13.8. The quantitative estimate of drug-likeness (QED) is 0.188. The fraction of sp³-hybridized carbons (Fsp3) is 0.641. The van der Waals surface area contributed by atoms with Crippen molar-refractivity contribution in [2.75, 3.05) is 33.1 Å². The minimum Gasteiger partial charge on any atom is -0.480 e. The standard InChI is InChI=1S/C39H60N6O7/c1-11-24(4)34(44(8)37(48)32(23(2)3)43-39-40-20-19-25(5)41-39)30(51-9)22-31(46)45-21-15-18-29(45)35(52-10)27(7)36(47)42-33(38(49)50)26(6)28-16-13-12-14-17-28/h12-14,16-17,19-20,23-24,26-27,29-30,32-35H,11,15,18,21-22H2,1-10H3,(H,42,47)(H,49,50)(H,40,41,43)/t24-,26?,27+,29-,30+,32-,33?,34-,35+/m0/s1. The maximum atomic E-state index is 14.2. The van der Waals surface area contributed by atoms with Crippen LogP contribution >= 0.6 is 0 Å². The van der Waals surface area contributed by atoms with Gasteiger partial charge in [0.15, 0.2) is 0 Å². The van der Waals surface area contributed by atoms with Crippen molar-refractivity contribution in [3.8, 4) is 0 Å². The summed E-state index contributed by atoms with van der Waals surface area (Å²) >= 11 is 0. The molecule has 0 bridgehead atoms. The predicted octanol–water partition coefficient (Wildman–Crippen LogP) is 4.51. The minimum absolute atomic E-state index is 0.00000683. The summed E-state index contributed by atoms with van der Waals surface area (Å²) in [4.78, 5) is 66.3. The molecule has 0 aliphatic carbocycles. The molecule has 3 N–H and O–H groups in total. The zero-order valence-electron chi connectivity index (χ0n) is 32.5. The maximum Gasteiger partial charge on any atom is 0.326 e. The molecule has 1 aromatic heterocycles. The second-order valence-electron chi connectivity index (χ2n) is 14.5. The first kappa shape index (κ1) is 42.3. The van der Waals surface area contributed by atoms with E-state index < -0.39 is 60.1 Å². The van der Waals surface area contributed by atoms with Gasteiger partial charge in [-0.1, -0.05) is 78.3 Å². The molecule has 3 rings (SSSR count). The fourth-order valence-corrected chi connectivity index (χ4v) is 7.33. The molecule has 0 spiro atoms. The summed E-state index contributed by atoms with van der Waals surface area (Å²) in [6.07, 6.45) is 2.48. The molecule has 1 saturated heterocycles. The number of anilines is 1. The van der Waals surface area contributed by atoms with Gasteiger partial charge in [-0.3, -0.25) is 14.4 Å². The highest BCUT2D eigenvalue weighted by atomic mass is 16.5. The Morgan fingerprint density at radius 3 is 2.25 bits per heavy atom. The van der Waals surface area contributed by atoms with E-state index in [1.54, 1.807) is 50.1 Å². The smallest absolute Gasteiger partial charge is 0.326 e. The number of rotatable bonds is 19. The number of aliphatic carboxylic acids is 1. The van der Waals surface area contributed by atoms with Crippen LogP contribution < -0.4 is 10.6 Å². The number of amides is 3. The number of hydrogen-bond acceptors (Lipinski definition) is 9. The average molecular weight is 725 g/mol. The third-order valence-electron chi connectivity index (χ3n) is 10.7. The number of carboxylic acid groups (broad SMARTS) is 1. The summed E-state index contributed by atoms with van der Waals surface area (Å²) < 4.78 is 11.9. The fourth-order valence-electron chi connectivity index (χ4n) is 7.33. The van der Waals surface area contributed by atoms with E-state index in [1.165, 1.54) is 7.11 Å². The highest BCUT2D eigenvalue weighted by Gasteiger charge is 2.43. The molecule has 3 amide bonds. The number of carbonyl (C=O) groups is 4. The first-order valence-corrected chi connectivity index (χ1v) is 18.4. The van der Waals surface area contributed by atoms with Crippen LogP contribution in [0.1, 0.15) is 84.4 Å². The summed E-state index contributed by atoms with van der Waals surface area (Å²) in [7, 11) is 4.83. The number of benzene rings is 1. The van der Waals surface area contributed by atoms with Gasteiger partial charge in [0.2, 0.25) is 23.7 Å². The zero-order valence-corrected chi connectivity index (χ0v) is 32.5. The van der Waals surface area contributed by atoms with Gasteiger partial charge in [-0.15, -0.1) is 0 Å². The van der Waals surface area contributed by atoms with Gasteiger partial charge in [-0.2, -0.15) is 0 Å². The SMILES string of the molecule is CC[C@H](C)[C@@H]([C@@H](CC(=O)N1CCC[C@H]1[C@H](OC)[C@@H](C)C(=O)NC(C(=O)O)C(C)c1ccccc1)OC)N(C)C(=O)[C@@H](Nc1nccc(C)n1)C(C)C. The van der Waals surface area contributed by atoms with Crippen molar-refractivity contribution in [2.45, 2.75) is 116 Å². The van der Waals surface area contributed by atoms with Gasteiger partial charge in [0, 0.05) is 45.6 Å². The molecule has 9 atom stereocenters. The van der Waals surface area contributed by atoms with E-state index in [2.05, 4.69) is 27.5 Å². The number of likely N-dealkylation sites (N-methyl/N-ethyl adjacent to an activating group) is 1. The molecule has 288 valence electrons. The Hall–Kier alpha value is -4.10. The Bertz CT molecular complexity index is 1480. The van der Waals surface area contributed by atoms with Gasteiger partial charge in [-0.05, 0) is 43.2 Å². The van der Waals surface area contributed by atoms with Gasteiger partial charge in [-0.25, -0.2) is 14.8 Å². The molecule has 2 aromatic rings. The van der Waals surface area contributed by atoms with Crippen molar-refractivity contribution in [1.29, 1.82) is 0 Å². The van der Waals surface area contributed by atoms with Crippen LogP contribution in [0.25, 0.3) is 0 Å². The van der Waals surface area contributed by atoms with E-state index in [0.29, 0.717) is 18.9 Å². The Kier molecular flexibility index (Phi) is 16.0. The average Bonchev–Trinajstić information content (AvgIpc) is 3.61. The molecular weight excluding hydrogens is 664 g/mol. The summed E-state index contributed by atoms with van der Waals surface area (Å²) in [5, 5.41) is 16.0. The van der Waals surface area contributed by atoms with Crippen molar-refractivity contribution in [3.63, 3.8) is 0 Å². The number of nitrogens with one attached hydrogen (secondary N) is 2. The molecule has 1 aliphatic heterocycles. The van der Waals surface area contributed by atoms with Crippen LogP contribution in [0.2, 0.25) is 0 Å². The van der Waals surface area contributed by atoms with Gasteiger partial charge < -0.3 is 35.0 Å². The molecule has 13 nitrogen and oxygen atoms in total. The van der Waals surface area contributed by atoms with Crippen LogP contribution in [0.15, 0.2) is 42.6 Å². The topological polar surface area (TPSA) is 163 Å². The zero-order chi connectivity index (χ0) is 38.7. The van der Waals surface area contributed by atoms with Gasteiger partial charge in [0.25, 0.3) is 0 Å². The Labute approximate surface area is 309 Å². The van der Waals surface area contributed by atoms with Crippen molar-refractivity contribution in [3.05, 3.63) is 53.9 Å². The van der Waals surface area contributed by atoms with Crippen LogP contribution in [0, 0.1) is 24.7 Å². The lowest BCUT2D eigenvalue weighted by molar-refractivity contribution is -0.147. The molecular formula is C39H60N6O7. The number of aromatic nitrogens is 2. The maximum absolute atomic E-state index is 14.2. The monoisotopic (exact) mass is 724 g/mol. The Morgan fingerprint density at radius 1 is 1.02 bits per heavy atom. The molecule has 0 radical (unpaired) electrons. The lowest BCUT2D eigenvalue weighted by Crippen LogP contribution is -2.56. The third-order valence-corrected chi connectivity index (χ3v) is 10.7. The summed E-state index contributed by atoms with van der Waals surface area (Å²) in [5.74, 6) is -2.84. The summed E-state index contributed by atoms with van der Waals surface area (Å²) in [6, 6.07) is 8.40. The van der Waals surface area contributed by atoms with Crippen molar-refractivity contribution in [2.24, 2.45) is 17.8 Å². The van der Waals surface area contributed by atoms with Crippen LogP contribution in [-0.4, -0.2) is 113 Å². The minimum atomic E-state index is -1.15. The van der Waals surface area contributed by atoms with E-state index in [9.17, 15) is 24.3 Å². The van der Waals surface area contributed by atoms with Crippen molar-refractivity contribution < 1.29 is 33.8 Å². The van der Waals surface area contributed by atoms with E-state index in [-0.39, 0.29) is 30.1 Å².